The summed E-state index contributed by atoms with van der Waals surface area (Å²) in [5.41, 5.74) is 3.79. The fourth-order valence-electron chi connectivity index (χ4n) is 4.14. The third-order valence-corrected chi connectivity index (χ3v) is 7.14. The monoisotopic (exact) mass is 382 g/mol. The Morgan fingerprint density at radius 2 is 1.93 bits per heavy atom. The molecule has 4 nitrogen and oxygen atoms in total. The van der Waals surface area contributed by atoms with Gasteiger partial charge >= 0.3 is 7.48 Å². The molecule has 1 aliphatic heterocycles. The molecule has 3 aliphatic rings. The predicted octanol–water partition coefficient (Wildman–Crippen LogP) is 3.59. The number of fused-ring (bicyclic) bond motifs is 1. The van der Waals surface area contributed by atoms with Gasteiger partial charge in [-0.05, 0) is 82.4 Å². The van der Waals surface area contributed by atoms with E-state index < -0.39 is 11.2 Å². The standard InChI is InChI=1S/C23H33BNO3/c1-16-13-25(19-11-23(12-19)8-9-23)15-27-14-17-10-18(6-7-20(16)17)24-28-22(4,5)21(2,3)26/h6-7,10,13,19,26H,8-9,11-12,14-15H2,1-5H3/b16-13-. The van der Waals surface area contributed by atoms with Crippen molar-refractivity contribution in [3.05, 3.63) is 35.5 Å². The van der Waals surface area contributed by atoms with Gasteiger partial charge in [0.2, 0.25) is 0 Å². The van der Waals surface area contributed by atoms with Crippen molar-refractivity contribution in [1.29, 1.82) is 0 Å². The molecule has 1 N–H and O–H groups in total. The second kappa shape index (κ2) is 6.89. The van der Waals surface area contributed by atoms with Gasteiger partial charge in [-0.25, -0.2) is 0 Å². The van der Waals surface area contributed by atoms with Gasteiger partial charge < -0.3 is 19.4 Å². The molecule has 0 saturated heterocycles. The van der Waals surface area contributed by atoms with E-state index in [0.717, 1.165) is 5.46 Å². The molecule has 0 aromatic heterocycles. The fourth-order valence-corrected chi connectivity index (χ4v) is 4.14. The Hall–Kier alpha value is -1.30. The summed E-state index contributed by atoms with van der Waals surface area (Å²) in [6.07, 6.45) is 7.80. The molecule has 151 valence electrons. The van der Waals surface area contributed by atoms with Crippen molar-refractivity contribution in [3.63, 3.8) is 0 Å². The number of hydrogen-bond donors (Lipinski definition) is 1. The normalized spacial score (nSPS) is 23.9. The smallest absolute Gasteiger partial charge is 0.330 e. The highest BCUT2D eigenvalue weighted by atomic mass is 16.5. The van der Waals surface area contributed by atoms with E-state index >= 15 is 0 Å². The minimum Gasteiger partial charge on any atom is -0.427 e. The van der Waals surface area contributed by atoms with Crippen LogP contribution in [0.25, 0.3) is 5.57 Å². The summed E-state index contributed by atoms with van der Waals surface area (Å²) in [5, 5.41) is 10.3. The summed E-state index contributed by atoms with van der Waals surface area (Å²) in [4.78, 5) is 2.40. The Kier molecular flexibility index (Phi) is 4.92. The first-order valence-corrected chi connectivity index (χ1v) is 10.5. The van der Waals surface area contributed by atoms with Crippen molar-refractivity contribution in [2.45, 2.75) is 84.2 Å². The maximum atomic E-state index is 10.3. The number of allylic oxidation sites excluding steroid dienone is 1. The largest absolute Gasteiger partial charge is 0.427 e. The summed E-state index contributed by atoms with van der Waals surface area (Å²) in [6.45, 7) is 10.8. The molecule has 0 amide bonds. The second-order valence-electron chi connectivity index (χ2n) is 10.1. The molecule has 1 radical (unpaired) electrons. The minimum absolute atomic E-state index is 0.603. The number of nitrogens with zero attached hydrogens (tertiary/aromatic N) is 1. The van der Waals surface area contributed by atoms with Gasteiger partial charge in [0.25, 0.3) is 0 Å². The van der Waals surface area contributed by atoms with E-state index in [9.17, 15) is 5.11 Å². The van der Waals surface area contributed by atoms with Gasteiger partial charge in [-0.15, -0.1) is 0 Å². The van der Waals surface area contributed by atoms with E-state index in [0.29, 0.717) is 24.8 Å². The number of ether oxygens (including phenoxy) is 1. The molecule has 0 unspecified atom stereocenters. The summed E-state index contributed by atoms with van der Waals surface area (Å²) < 4.78 is 12.0. The molecule has 0 bridgehead atoms. The minimum atomic E-state index is -0.931. The SMILES string of the molecule is C/C1=C/N(C2CC3(CC3)C2)COCc2cc([B]OC(C)(C)C(C)(C)O)ccc21. The van der Waals surface area contributed by atoms with Crippen LogP contribution >= 0.6 is 0 Å². The molecule has 1 aromatic rings. The van der Waals surface area contributed by atoms with Crippen molar-refractivity contribution in [2.75, 3.05) is 6.73 Å². The van der Waals surface area contributed by atoms with E-state index in [1.165, 1.54) is 42.4 Å². The zero-order valence-corrected chi connectivity index (χ0v) is 17.9. The maximum absolute atomic E-state index is 10.3. The number of benzene rings is 1. The first kappa shape index (κ1) is 20.0. The third kappa shape index (κ3) is 3.89. The van der Waals surface area contributed by atoms with Crippen LogP contribution in [-0.2, 0) is 16.0 Å². The Bertz CT molecular complexity index is 769. The topological polar surface area (TPSA) is 41.9 Å². The molecular weight excluding hydrogens is 349 g/mol. The molecular formula is C23H33BNO3. The van der Waals surface area contributed by atoms with Gasteiger partial charge in [-0.3, -0.25) is 0 Å². The van der Waals surface area contributed by atoms with Crippen LogP contribution in [0, 0.1) is 5.41 Å². The highest BCUT2D eigenvalue weighted by molar-refractivity contribution is 6.47. The van der Waals surface area contributed by atoms with Gasteiger partial charge in [0, 0.05) is 12.2 Å². The van der Waals surface area contributed by atoms with Crippen LogP contribution < -0.4 is 5.46 Å². The van der Waals surface area contributed by atoms with Gasteiger partial charge in [0.05, 0.1) is 17.8 Å². The Labute approximate surface area is 170 Å². The van der Waals surface area contributed by atoms with Crippen molar-refractivity contribution < 1.29 is 14.5 Å². The molecule has 28 heavy (non-hydrogen) atoms. The summed E-state index contributed by atoms with van der Waals surface area (Å²) >= 11 is 0. The lowest BCUT2D eigenvalue weighted by Crippen LogP contribution is -2.49. The molecule has 0 atom stereocenters. The van der Waals surface area contributed by atoms with E-state index in [-0.39, 0.29) is 0 Å². The van der Waals surface area contributed by atoms with Crippen molar-refractivity contribution in [1.82, 2.24) is 4.90 Å². The number of rotatable bonds is 5. The number of aliphatic hydroxyl groups is 1. The predicted molar refractivity (Wildman–Crippen MR) is 113 cm³/mol. The van der Waals surface area contributed by atoms with Gasteiger partial charge in [0.15, 0.2) is 0 Å². The van der Waals surface area contributed by atoms with Gasteiger partial charge in [-0.2, -0.15) is 0 Å². The average molecular weight is 382 g/mol. The lowest BCUT2D eigenvalue weighted by Gasteiger charge is -2.44. The molecule has 2 saturated carbocycles. The van der Waals surface area contributed by atoms with Crippen molar-refractivity contribution in [3.8, 4) is 0 Å². The van der Waals surface area contributed by atoms with Crippen LogP contribution in [0.1, 0.15) is 71.4 Å². The van der Waals surface area contributed by atoms with E-state index in [2.05, 4.69) is 36.2 Å². The molecule has 1 spiro atoms. The molecule has 2 aliphatic carbocycles. The van der Waals surface area contributed by atoms with Crippen LogP contribution in [0.5, 0.6) is 0 Å². The van der Waals surface area contributed by atoms with Crippen LogP contribution in [0.2, 0.25) is 0 Å². The Balaban J connectivity index is 1.46. The number of hydrogen-bond acceptors (Lipinski definition) is 4. The van der Waals surface area contributed by atoms with Gasteiger partial charge in [-0.1, -0.05) is 23.7 Å². The van der Waals surface area contributed by atoms with Crippen molar-refractivity contribution in [2.24, 2.45) is 5.41 Å². The summed E-state index contributed by atoms with van der Waals surface area (Å²) in [6, 6.07) is 7.00. The second-order valence-corrected chi connectivity index (χ2v) is 10.1. The molecule has 5 heteroatoms. The van der Waals surface area contributed by atoms with Crippen LogP contribution in [0.3, 0.4) is 0 Å². The quantitative estimate of drug-likeness (QED) is 0.791. The molecule has 1 aromatic carbocycles. The third-order valence-electron chi connectivity index (χ3n) is 7.14. The molecule has 1 heterocycles. The fraction of sp³-hybridized carbons (Fsp3) is 0.652. The van der Waals surface area contributed by atoms with Crippen LogP contribution in [0.15, 0.2) is 24.4 Å². The summed E-state index contributed by atoms with van der Waals surface area (Å²) in [5.74, 6) is 0. The lowest BCUT2D eigenvalue weighted by molar-refractivity contribution is -0.0893. The molecule has 4 rings (SSSR count). The zero-order chi connectivity index (χ0) is 20.2. The Morgan fingerprint density at radius 3 is 2.57 bits per heavy atom. The maximum Gasteiger partial charge on any atom is 0.330 e. The highest BCUT2D eigenvalue weighted by Crippen LogP contribution is 2.62. The highest BCUT2D eigenvalue weighted by Gasteiger charge is 2.54. The lowest BCUT2D eigenvalue weighted by atomic mass is 9.76. The van der Waals surface area contributed by atoms with Crippen molar-refractivity contribution >= 4 is 18.5 Å². The summed E-state index contributed by atoms with van der Waals surface area (Å²) in [7, 11) is 1.74. The average Bonchev–Trinajstić information content (AvgIpc) is 3.36. The zero-order valence-electron chi connectivity index (χ0n) is 17.9. The van der Waals surface area contributed by atoms with Gasteiger partial charge in [0.1, 0.15) is 6.73 Å². The first-order chi connectivity index (χ1) is 13.1. The first-order valence-electron chi connectivity index (χ1n) is 10.5. The van der Waals surface area contributed by atoms with Crippen LogP contribution in [0.4, 0.5) is 0 Å². The Morgan fingerprint density at radius 1 is 1.21 bits per heavy atom. The van der Waals surface area contributed by atoms with E-state index in [1.54, 1.807) is 21.3 Å². The van der Waals surface area contributed by atoms with E-state index in [1.807, 2.05) is 13.8 Å². The van der Waals surface area contributed by atoms with E-state index in [4.69, 9.17) is 9.39 Å². The van der Waals surface area contributed by atoms with Crippen LogP contribution in [-0.4, -0.2) is 41.5 Å². The molecule has 2 fully saturated rings.